The lowest BCUT2D eigenvalue weighted by Gasteiger charge is -2.13. The number of carbonyl (C=O) groups excluding carboxylic acids is 2. The Hall–Kier alpha value is -3.54. The maximum Gasteiger partial charge on any atom is 0.357 e. The van der Waals surface area contributed by atoms with Gasteiger partial charge >= 0.3 is 11.9 Å². The van der Waals surface area contributed by atoms with Crippen LogP contribution in [0.2, 0.25) is 0 Å². The van der Waals surface area contributed by atoms with Crippen molar-refractivity contribution in [3.05, 3.63) is 72.1 Å². The molecule has 6 heteroatoms. The minimum Gasteiger partial charge on any atom is -0.464 e. The van der Waals surface area contributed by atoms with Gasteiger partial charge in [-0.1, -0.05) is 60.7 Å². The van der Waals surface area contributed by atoms with Crippen LogP contribution in [0.1, 0.15) is 21.0 Å². The lowest BCUT2D eigenvalue weighted by Crippen LogP contribution is -2.16. The third-order valence-electron chi connectivity index (χ3n) is 3.76. The molecule has 3 aromatic rings. The first-order valence-corrected chi connectivity index (χ1v) is 7.85. The molecule has 0 unspecified atom stereocenters. The molecule has 0 aliphatic carbocycles. The van der Waals surface area contributed by atoms with Gasteiger partial charge in [-0.15, -0.1) is 0 Å². The predicted molar refractivity (Wildman–Crippen MR) is 95.6 cm³/mol. The fraction of sp³-hybridized carbons (Fsp3) is 0.100. The predicted octanol–water partition coefficient (Wildman–Crippen LogP) is 3.38. The molecular formula is C20H16N2O4. The summed E-state index contributed by atoms with van der Waals surface area (Å²) in [7, 11) is 2.53. The van der Waals surface area contributed by atoms with Crippen molar-refractivity contribution in [1.29, 1.82) is 0 Å². The quantitative estimate of drug-likeness (QED) is 0.673. The van der Waals surface area contributed by atoms with Gasteiger partial charge in [-0.2, -0.15) is 0 Å². The Balaban J connectivity index is 2.34. The van der Waals surface area contributed by atoms with Crippen LogP contribution in [0.15, 0.2) is 60.7 Å². The van der Waals surface area contributed by atoms with Gasteiger partial charge in [0.15, 0.2) is 17.2 Å². The summed E-state index contributed by atoms with van der Waals surface area (Å²) < 4.78 is 9.75. The summed E-state index contributed by atoms with van der Waals surface area (Å²) in [6.45, 7) is 0. The second-order valence-corrected chi connectivity index (χ2v) is 5.33. The minimum atomic E-state index is -0.659. The molecular weight excluding hydrogens is 332 g/mol. The number of nitrogens with zero attached hydrogens (tertiary/aromatic N) is 2. The van der Waals surface area contributed by atoms with Crippen LogP contribution in [-0.2, 0) is 9.47 Å². The van der Waals surface area contributed by atoms with E-state index in [1.54, 1.807) is 36.4 Å². The van der Waals surface area contributed by atoms with Crippen LogP contribution in [0.3, 0.4) is 0 Å². The highest BCUT2D eigenvalue weighted by Crippen LogP contribution is 2.29. The summed E-state index contributed by atoms with van der Waals surface area (Å²) in [5, 5.41) is 0. The van der Waals surface area contributed by atoms with Crippen molar-refractivity contribution >= 4 is 11.9 Å². The molecule has 26 heavy (non-hydrogen) atoms. The molecule has 0 bridgehead atoms. The van der Waals surface area contributed by atoms with Crippen LogP contribution in [0, 0.1) is 0 Å². The van der Waals surface area contributed by atoms with Gasteiger partial charge < -0.3 is 9.47 Å². The van der Waals surface area contributed by atoms with Crippen LogP contribution in [0.25, 0.3) is 22.5 Å². The number of hydrogen-bond acceptors (Lipinski definition) is 6. The van der Waals surface area contributed by atoms with Crippen molar-refractivity contribution < 1.29 is 19.1 Å². The Morgan fingerprint density at radius 2 is 1.12 bits per heavy atom. The molecule has 0 aliphatic heterocycles. The maximum atomic E-state index is 12.4. The van der Waals surface area contributed by atoms with Gasteiger partial charge in [0, 0.05) is 11.1 Å². The molecule has 0 atom stereocenters. The molecule has 0 aliphatic rings. The third-order valence-corrected chi connectivity index (χ3v) is 3.76. The second kappa shape index (κ2) is 7.57. The maximum absolute atomic E-state index is 12.4. The summed E-state index contributed by atoms with van der Waals surface area (Å²) in [6.07, 6.45) is 0. The Kier molecular flexibility index (Phi) is 5.03. The molecule has 3 rings (SSSR count). The molecule has 0 saturated carbocycles. The number of methoxy groups -OCH3 is 2. The topological polar surface area (TPSA) is 78.4 Å². The van der Waals surface area contributed by atoms with Crippen molar-refractivity contribution in [3.63, 3.8) is 0 Å². The monoisotopic (exact) mass is 348 g/mol. The highest BCUT2D eigenvalue weighted by atomic mass is 16.5. The first-order valence-electron chi connectivity index (χ1n) is 7.85. The summed E-state index contributed by atoms with van der Waals surface area (Å²) in [4.78, 5) is 33.5. The van der Waals surface area contributed by atoms with E-state index in [2.05, 4.69) is 9.97 Å². The molecule has 6 nitrogen and oxygen atoms in total. The molecule has 2 aromatic carbocycles. The highest BCUT2D eigenvalue weighted by Gasteiger charge is 2.26. The van der Waals surface area contributed by atoms with E-state index < -0.39 is 11.9 Å². The minimum absolute atomic E-state index is 0.00736. The van der Waals surface area contributed by atoms with Crippen molar-refractivity contribution in [2.75, 3.05) is 14.2 Å². The number of hydrogen-bond donors (Lipinski definition) is 0. The van der Waals surface area contributed by atoms with Crippen LogP contribution in [0.4, 0.5) is 0 Å². The van der Waals surface area contributed by atoms with E-state index in [1.165, 1.54) is 14.2 Å². The smallest absolute Gasteiger partial charge is 0.357 e. The fourth-order valence-corrected chi connectivity index (χ4v) is 2.54. The molecule has 0 spiro atoms. The number of rotatable bonds is 4. The first kappa shape index (κ1) is 17.3. The standard InChI is InChI=1S/C20H16N2O4/c1-25-19(23)16-15(13-9-5-3-6-10-13)17(20(24)26-2)22-18(21-16)14-11-7-4-8-12-14/h3-12H,1-2H3. The van der Waals surface area contributed by atoms with Crippen LogP contribution in [-0.4, -0.2) is 36.1 Å². The van der Waals surface area contributed by atoms with Gasteiger partial charge in [-0.25, -0.2) is 19.6 Å². The zero-order valence-corrected chi connectivity index (χ0v) is 14.3. The molecule has 1 aromatic heterocycles. The second-order valence-electron chi connectivity index (χ2n) is 5.33. The van der Waals surface area contributed by atoms with E-state index in [1.807, 2.05) is 24.3 Å². The SMILES string of the molecule is COC(=O)c1nc(-c2ccccc2)nc(C(=O)OC)c1-c1ccccc1. The Morgan fingerprint density at radius 3 is 1.54 bits per heavy atom. The van der Waals surface area contributed by atoms with Gasteiger partial charge in [0.25, 0.3) is 0 Å². The van der Waals surface area contributed by atoms with E-state index in [0.29, 0.717) is 11.1 Å². The number of esters is 2. The van der Waals surface area contributed by atoms with Gasteiger partial charge in [0.05, 0.1) is 14.2 Å². The molecule has 130 valence electrons. The number of carbonyl (C=O) groups is 2. The number of ether oxygens (including phenoxy) is 2. The first-order chi connectivity index (χ1) is 12.7. The lowest BCUT2D eigenvalue weighted by atomic mass is 10.0. The number of benzene rings is 2. The van der Waals surface area contributed by atoms with Crippen molar-refractivity contribution in [2.45, 2.75) is 0 Å². The van der Waals surface area contributed by atoms with Gasteiger partial charge in [0.2, 0.25) is 0 Å². The third kappa shape index (κ3) is 3.30. The van der Waals surface area contributed by atoms with Crippen molar-refractivity contribution in [1.82, 2.24) is 9.97 Å². The largest absolute Gasteiger partial charge is 0.464 e. The van der Waals surface area contributed by atoms with E-state index in [-0.39, 0.29) is 22.8 Å². The molecule has 0 fully saturated rings. The molecule has 0 amide bonds. The van der Waals surface area contributed by atoms with E-state index in [9.17, 15) is 9.59 Å². The van der Waals surface area contributed by atoms with Crippen LogP contribution >= 0.6 is 0 Å². The summed E-state index contributed by atoms with van der Waals surface area (Å²) >= 11 is 0. The Morgan fingerprint density at radius 1 is 0.692 bits per heavy atom. The van der Waals surface area contributed by atoms with Gasteiger partial charge in [-0.3, -0.25) is 0 Å². The van der Waals surface area contributed by atoms with Gasteiger partial charge in [0.1, 0.15) is 0 Å². The van der Waals surface area contributed by atoms with Gasteiger partial charge in [-0.05, 0) is 5.56 Å². The lowest BCUT2D eigenvalue weighted by molar-refractivity contribution is 0.0592. The average molecular weight is 348 g/mol. The van der Waals surface area contributed by atoms with Crippen molar-refractivity contribution in [3.8, 4) is 22.5 Å². The van der Waals surface area contributed by atoms with Crippen LogP contribution < -0.4 is 0 Å². The highest BCUT2D eigenvalue weighted by molar-refractivity contribution is 6.04. The molecule has 0 saturated heterocycles. The van der Waals surface area contributed by atoms with E-state index in [4.69, 9.17) is 9.47 Å². The molecule has 0 radical (unpaired) electrons. The summed E-state index contributed by atoms with van der Waals surface area (Å²) in [5.41, 5.74) is 1.58. The normalized spacial score (nSPS) is 10.2. The van der Waals surface area contributed by atoms with E-state index >= 15 is 0 Å². The Labute approximate surface area is 150 Å². The van der Waals surface area contributed by atoms with Crippen LogP contribution in [0.5, 0.6) is 0 Å². The zero-order chi connectivity index (χ0) is 18.5. The van der Waals surface area contributed by atoms with E-state index in [0.717, 1.165) is 0 Å². The van der Waals surface area contributed by atoms with Crippen molar-refractivity contribution in [2.24, 2.45) is 0 Å². The average Bonchev–Trinajstić information content (AvgIpc) is 2.72. The fourth-order valence-electron chi connectivity index (χ4n) is 2.54. The zero-order valence-electron chi connectivity index (χ0n) is 14.3. The number of aromatic nitrogens is 2. The summed E-state index contributed by atoms with van der Waals surface area (Å²) in [5.74, 6) is -1.08. The molecule has 1 heterocycles. The molecule has 0 N–H and O–H groups in total. The summed E-state index contributed by atoms with van der Waals surface area (Å²) in [6, 6.07) is 18.0. The Bertz CT molecular complexity index is 904.